The van der Waals surface area contributed by atoms with Gasteiger partial charge in [-0.3, -0.25) is 4.79 Å². The molecule has 0 unspecified atom stereocenters. The van der Waals surface area contributed by atoms with Crippen LogP contribution in [0.15, 0.2) is 41.5 Å². The van der Waals surface area contributed by atoms with Crippen LogP contribution in [0.25, 0.3) is 0 Å². The molecule has 2 aromatic carbocycles. The van der Waals surface area contributed by atoms with E-state index in [0.29, 0.717) is 0 Å². The number of halogens is 3. The molecule has 8 heteroatoms. The molecule has 0 saturated carbocycles. The maximum Gasteiger partial charge on any atom is 0.271 e. The monoisotopic (exact) mass is 383 g/mol. The van der Waals surface area contributed by atoms with Crippen molar-refractivity contribution in [2.24, 2.45) is 5.10 Å². The minimum atomic E-state index is -0.452. The lowest BCUT2D eigenvalue weighted by molar-refractivity contribution is 0.0954. The SMILES string of the molecule is CN(C)/C=N/NC(=O)c1cc(Cl)c(OCc2ccc(F)cc2)c(Cl)c1. The van der Waals surface area contributed by atoms with E-state index in [1.54, 1.807) is 31.1 Å². The Balaban J connectivity index is 2.08. The summed E-state index contributed by atoms with van der Waals surface area (Å²) in [5.41, 5.74) is 3.37. The fourth-order valence-electron chi connectivity index (χ4n) is 1.83. The average molecular weight is 384 g/mol. The van der Waals surface area contributed by atoms with E-state index >= 15 is 0 Å². The number of nitrogens with zero attached hydrogens (tertiary/aromatic N) is 2. The van der Waals surface area contributed by atoms with Gasteiger partial charge in [0, 0.05) is 19.7 Å². The molecule has 2 aromatic rings. The third-order valence-corrected chi connectivity index (χ3v) is 3.57. The number of hydrogen-bond donors (Lipinski definition) is 1. The molecule has 0 heterocycles. The van der Waals surface area contributed by atoms with E-state index in [-0.39, 0.29) is 33.8 Å². The molecule has 1 amide bonds. The van der Waals surface area contributed by atoms with E-state index in [0.717, 1.165) is 5.56 Å². The first-order valence-corrected chi connectivity index (χ1v) is 7.98. The van der Waals surface area contributed by atoms with E-state index < -0.39 is 5.91 Å². The van der Waals surface area contributed by atoms with E-state index in [2.05, 4.69) is 10.5 Å². The number of nitrogens with one attached hydrogen (secondary N) is 1. The van der Waals surface area contributed by atoms with Crippen molar-refractivity contribution in [3.8, 4) is 5.75 Å². The first-order valence-electron chi connectivity index (χ1n) is 7.23. The third-order valence-electron chi connectivity index (χ3n) is 3.01. The summed E-state index contributed by atoms with van der Waals surface area (Å²) >= 11 is 12.3. The zero-order valence-corrected chi connectivity index (χ0v) is 15.1. The number of carbonyl (C=O) groups is 1. The Labute approximate surface area is 155 Å². The second-order valence-electron chi connectivity index (χ2n) is 5.33. The van der Waals surface area contributed by atoms with Gasteiger partial charge in [0.05, 0.1) is 10.0 Å². The fourth-order valence-corrected chi connectivity index (χ4v) is 2.43. The highest BCUT2D eigenvalue weighted by Crippen LogP contribution is 2.34. The minimum absolute atomic E-state index is 0.165. The van der Waals surface area contributed by atoms with Crippen LogP contribution in [0, 0.1) is 5.82 Å². The highest BCUT2D eigenvalue weighted by molar-refractivity contribution is 6.37. The van der Waals surface area contributed by atoms with Crippen molar-refractivity contribution in [2.75, 3.05) is 14.1 Å². The molecule has 0 aliphatic heterocycles. The third kappa shape index (κ3) is 5.62. The summed E-state index contributed by atoms with van der Waals surface area (Å²) in [5, 5.41) is 4.15. The molecule has 0 bridgehead atoms. The lowest BCUT2D eigenvalue weighted by atomic mass is 10.2. The Hall–Kier alpha value is -2.31. The molecule has 0 aliphatic rings. The highest BCUT2D eigenvalue weighted by atomic mass is 35.5. The number of hydrazone groups is 1. The molecule has 132 valence electrons. The van der Waals surface area contributed by atoms with Gasteiger partial charge in [0.15, 0.2) is 5.75 Å². The maximum atomic E-state index is 12.9. The van der Waals surface area contributed by atoms with Crippen LogP contribution < -0.4 is 10.2 Å². The van der Waals surface area contributed by atoms with Crippen LogP contribution in [-0.2, 0) is 6.61 Å². The quantitative estimate of drug-likeness (QED) is 0.466. The normalized spacial score (nSPS) is 10.8. The Kier molecular flexibility index (Phi) is 6.61. The molecule has 0 atom stereocenters. The van der Waals surface area contributed by atoms with Gasteiger partial charge in [0.1, 0.15) is 18.8 Å². The number of benzene rings is 2. The predicted octanol–water partition coefficient (Wildman–Crippen LogP) is 3.95. The molecule has 5 nitrogen and oxygen atoms in total. The van der Waals surface area contributed by atoms with Crippen molar-refractivity contribution in [3.05, 3.63) is 63.4 Å². The molecule has 0 fully saturated rings. The fraction of sp³-hybridized carbons (Fsp3) is 0.176. The molecule has 1 N–H and O–H groups in total. The van der Waals surface area contributed by atoms with Crippen molar-refractivity contribution in [1.29, 1.82) is 0 Å². The number of hydrogen-bond acceptors (Lipinski definition) is 3. The van der Waals surface area contributed by atoms with Crippen molar-refractivity contribution >= 4 is 35.4 Å². The van der Waals surface area contributed by atoms with Gasteiger partial charge in [-0.2, -0.15) is 5.10 Å². The lowest BCUT2D eigenvalue weighted by Gasteiger charge is -2.11. The van der Waals surface area contributed by atoms with Gasteiger partial charge in [0.2, 0.25) is 0 Å². The van der Waals surface area contributed by atoms with E-state index in [1.165, 1.54) is 30.6 Å². The first kappa shape index (κ1) is 19.0. The minimum Gasteiger partial charge on any atom is -0.486 e. The van der Waals surface area contributed by atoms with Crippen molar-refractivity contribution in [1.82, 2.24) is 10.3 Å². The van der Waals surface area contributed by atoms with Gasteiger partial charge in [0.25, 0.3) is 5.91 Å². The van der Waals surface area contributed by atoms with Crippen LogP contribution in [0.1, 0.15) is 15.9 Å². The topological polar surface area (TPSA) is 53.9 Å². The largest absolute Gasteiger partial charge is 0.486 e. The zero-order valence-electron chi connectivity index (χ0n) is 13.6. The Morgan fingerprint density at radius 3 is 2.40 bits per heavy atom. The number of amides is 1. The Morgan fingerprint density at radius 1 is 1.24 bits per heavy atom. The predicted molar refractivity (Wildman–Crippen MR) is 96.8 cm³/mol. The smallest absolute Gasteiger partial charge is 0.271 e. The van der Waals surface area contributed by atoms with Gasteiger partial charge in [-0.05, 0) is 29.8 Å². The van der Waals surface area contributed by atoms with E-state index in [9.17, 15) is 9.18 Å². The first-order chi connectivity index (χ1) is 11.9. The molecule has 2 rings (SSSR count). The molecular formula is C17H16Cl2FN3O2. The average Bonchev–Trinajstić information content (AvgIpc) is 2.55. The maximum absolute atomic E-state index is 12.9. The Morgan fingerprint density at radius 2 is 1.84 bits per heavy atom. The highest BCUT2D eigenvalue weighted by Gasteiger charge is 2.14. The van der Waals surface area contributed by atoms with Crippen LogP contribution in [0.3, 0.4) is 0 Å². The molecule has 0 spiro atoms. The summed E-state index contributed by atoms with van der Waals surface area (Å²) < 4.78 is 18.5. The second-order valence-corrected chi connectivity index (χ2v) is 6.15. The van der Waals surface area contributed by atoms with Gasteiger partial charge < -0.3 is 9.64 Å². The van der Waals surface area contributed by atoms with Crippen molar-refractivity contribution in [2.45, 2.75) is 6.61 Å². The summed E-state index contributed by atoms with van der Waals surface area (Å²) in [5.74, 6) is -0.528. The summed E-state index contributed by atoms with van der Waals surface area (Å²) in [7, 11) is 3.55. The van der Waals surface area contributed by atoms with Gasteiger partial charge >= 0.3 is 0 Å². The van der Waals surface area contributed by atoms with Crippen LogP contribution in [-0.4, -0.2) is 31.2 Å². The van der Waals surface area contributed by atoms with Crippen LogP contribution in [0.4, 0.5) is 4.39 Å². The summed E-state index contributed by atoms with van der Waals surface area (Å²) in [6.45, 7) is 0.165. The van der Waals surface area contributed by atoms with Gasteiger partial charge in [-0.25, -0.2) is 9.82 Å². The molecule has 0 aliphatic carbocycles. The molecule has 25 heavy (non-hydrogen) atoms. The van der Waals surface area contributed by atoms with Crippen LogP contribution in [0.2, 0.25) is 10.0 Å². The Bertz CT molecular complexity index is 757. The van der Waals surface area contributed by atoms with Crippen LogP contribution >= 0.6 is 23.2 Å². The standard InChI is InChI=1S/C17H16Cl2FN3O2/c1-23(2)10-21-22-17(24)12-7-14(18)16(15(19)8-12)25-9-11-3-5-13(20)6-4-11/h3-8,10H,9H2,1-2H3,(H,22,24)/b21-10+. The summed E-state index contributed by atoms with van der Waals surface area (Å²) in [6.07, 6.45) is 1.45. The molecule has 0 saturated heterocycles. The van der Waals surface area contributed by atoms with Crippen molar-refractivity contribution < 1.29 is 13.9 Å². The van der Waals surface area contributed by atoms with Gasteiger partial charge in [-0.15, -0.1) is 0 Å². The zero-order chi connectivity index (χ0) is 18.4. The molecular weight excluding hydrogens is 368 g/mol. The molecule has 0 aromatic heterocycles. The summed E-state index contributed by atoms with van der Waals surface area (Å²) in [6, 6.07) is 8.75. The molecule has 0 radical (unpaired) electrons. The number of rotatable bonds is 6. The van der Waals surface area contributed by atoms with Crippen molar-refractivity contribution in [3.63, 3.8) is 0 Å². The second kappa shape index (κ2) is 8.69. The van der Waals surface area contributed by atoms with E-state index in [1.807, 2.05) is 0 Å². The number of ether oxygens (including phenoxy) is 1. The van der Waals surface area contributed by atoms with E-state index in [4.69, 9.17) is 27.9 Å². The van der Waals surface area contributed by atoms with Crippen LogP contribution in [0.5, 0.6) is 5.75 Å². The lowest BCUT2D eigenvalue weighted by Crippen LogP contribution is -2.20. The van der Waals surface area contributed by atoms with Gasteiger partial charge in [-0.1, -0.05) is 35.3 Å². The number of carbonyl (C=O) groups excluding carboxylic acids is 1. The summed E-state index contributed by atoms with van der Waals surface area (Å²) in [4.78, 5) is 13.7.